The van der Waals surface area contributed by atoms with E-state index in [1.54, 1.807) is 24.3 Å². The highest BCUT2D eigenvalue weighted by Crippen LogP contribution is 2.34. The second-order valence-corrected chi connectivity index (χ2v) is 11.2. The molecular formula is C30H30N4O4S. The average molecular weight is 543 g/mol. The first kappa shape index (κ1) is 27.7. The number of hydrogen-bond donors (Lipinski definition) is 3. The van der Waals surface area contributed by atoms with Gasteiger partial charge in [0.1, 0.15) is 12.4 Å². The van der Waals surface area contributed by atoms with Crippen LogP contribution in [0.2, 0.25) is 0 Å². The Morgan fingerprint density at radius 3 is 2.46 bits per heavy atom. The van der Waals surface area contributed by atoms with Crippen molar-refractivity contribution in [3.8, 4) is 11.1 Å². The number of aliphatic carboxylic acids is 1. The van der Waals surface area contributed by atoms with Crippen LogP contribution in [-0.4, -0.2) is 36.0 Å². The van der Waals surface area contributed by atoms with Crippen LogP contribution in [0, 0.1) is 0 Å². The second-order valence-electron chi connectivity index (χ2n) is 9.03. The predicted octanol–water partition coefficient (Wildman–Crippen LogP) is 4.89. The summed E-state index contributed by atoms with van der Waals surface area (Å²) in [5.74, 6) is -0.873. The topological polar surface area (TPSA) is 135 Å². The van der Waals surface area contributed by atoms with Crippen molar-refractivity contribution in [1.29, 1.82) is 0 Å². The van der Waals surface area contributed by atoms with Gasteiger partial charge in [-0.2, -0.15) is 0 Å². The number of nitrogens with one attached hydrogen (secondary N) is 1. The van der Waals surface area contributed by atoms with Crippen molar-refractivity contribution in [1.82, 2.24) is 9.97 Å². The van der Waals surface area contributed by atoms with E-state index >= 15 is 0 Å². The summed E-state index contributed by atoms with van der Waals surface area (Å²) in [5.41, 5.74) is 10.6. The van der Waals surface area contributed by atoms with Crippen molar-refractivity contribution in [2.75, 3.05) is 11.9 Å². The molecule has 2 aromatic carbocycles. The van der Waals surface area contributed by atoms with E-state index in [9.17, 15) is 13.2 Å². The molecular weight excluding hydrogens is 512 g/mol. The Balaban J connectivity index is 1.72. The van der Waals surface area contributed by atoms with Crippen LogP contribution in [-0.2, 0) is 25.9 Å². The molecule has 39 heavy (non-hydrogen) atoms. The lowest BCUT2D eigenvalue weighted by molar-refractivity contribution is -0.134. The number of rotatable bonds is 11. The van der Waals surface area contributed by atoms with Crippen molar-refractivity contribution >= 4 is 27.7 Å². The Hall–Kier alpha value is -4.34. The van der Waals surface area contributed by atoms with Gasteiger partial charge < -0.3 is 16.2 Å². The molecule has 4 N–H and O–H groups in total. The number of allylic oxidation sites excluding steroid dienone is 1. The maximum absolute atomic E-state index is 13.9. The number of sulfone groups is 1. The number of benzene rings is 2. The van der Waals surface area contributed by atoms with Gasteiger partial charge in [-0.3, -0.25) is 4.79 Å². The van der Waals surface area contributed by atoms with E-state index in [1.165, 1.54) is 18.3 Å². The molecule has 2 aromatic heterocycles. The molecule has 0 radical (unpaired) electrons. The van der Waals surface area contributed by atoms with Gasteiger partial charge in [0.15, 0.2) is 9.90 Å². The third-order valence-corrected chi connectivity index (χ3v) is 8.29. The number of carboxylic acids is 1. The van der Waals surface area contributed by atoms with Gasteiger partial charge in [0.25, 0.3) is 0 Å². The summed E-state index contributed by atoms with van der Waals surface area (Å²) >= 11 is 0. The summed E-state index contributed by atoms with van der Waals surface area (Å²) in [7, 11) is -4.22. The first-order valence-corrected chi connectivity index (χ1v) is 13.9. The number of hydrogen-bond acceptors (Lipinski definition) is 7. The molecule has 8 nitrogen and oxygen atoms in total. The van der Waals surface area contributed by atoms with Gasteiger partial charge in [-0.25, -0.2) is 18.4 Å². The van der Waals surface area contributed by atoms with Gasteiger partial charge in [0.05, 0.1) is 5.69 Å². The minimum atomic E-state index is -4.22. The molecule has 0 aliphatic heterocycles. The normalized spacial score (nSPS) is 13.2. The summed E-state index contributed by atoms with van der Waals surface area (Å²) in [5, 5.41) is 11.5. The highest BCUT2D eigenvalue weighted by atomic mass is 32.2. The lowest BCUT2D eigenvalue weighted by atomic mass is 9.98. The van der Waals surface area contributed by atoms with Crippen LogP contribution < -0.4 is 11.1 Å². The average Bonchev–Trinajstić information content (AvgIpc) is 2.96. The molecule has 0 aliphatic carbocycles. The Morgan fingerprint density at radius 1 is 1.00 bits per heavy atom. The van der Waals surface area contributed by atoms with Crippen LogP contribution in [0.4, 0.5) is 5.82 Å². The van der Waals surface area contributed by atoms with Crippen LogP contribution in [0.1, 0.15) is 30.2 Å². The number of aromatic nitrogens is 2. The molecule has 1 unspecified atom stereocenters. The number of anilines is 1. The molecule has 200 valence electrons. The van der Waals surface area contributed by atoms with E-state index in [0.717, 1.165) is 23.1 Å². The lowest BCUT2D eigenvalue weighted by Gasteiger charge is -2.29. The summed E-state index contributed by atoms with van der Waals surface area (Å²) < 4.78 is 27.8. The fraction of sp³-hybridized carbons (Fsp3) is 0.167. The Kier molecular flexibility index (Phi) is 8.53. The highest BCUT2D eigenvalue weighted by molar-refractivity contribution is 7.92. The summed E-state index contributed by atoms with van der Waals surface area (Å²) in [6.07, 6.45) is 6.44. The second kappa shape index (κ2) is 12.0. The SMILES string of the molecule is CC/C=C/c1cccc(-c2ccc(CC(N)(c3cccc(NCC(=O)O)n3)S(=O)(=O)c3ccccn3)cc2)c1. The molecule has 0 saturated carbocycles. The number of carboxylic acid groups (broad SMARTS) is 1. The molecule has 1 atom stereocenters. The third-order valence-electron chi connectivity index (χ3n) is 6.18. The van der Waals surface area contributed by atoms with Crippen molar-refractivity contribution in [3.63, 3.8) is 0 Å². The van der Waals surface area contributed by atoms with Crippen molar-refractivity contribution < 1.29 is 18.3 Å². The zero-order valence-corrected chi connectivity index (χ0v) is 22.3. The van der Waals surface area contributed by atoms with Gasteiger partial charge in [-0.05, 0) is 59.0 Å². The van der Waals surface area contributed by atoms with Gasteiger partial charge >= 0.3 is 5.97 Å². The van der Waals surface area contributed by atoms with Gasteiger partial charge in [-0.1, -0.05) is 73.7 Å². The first-order valence-electron chi connectivity index (χ1n) is 12.5. The molecule has 4 aromatic rings. The monoisotopic (exact) mass is 542 g/mol. The summed E-state index contributed by atoms with van der Waals surface area (Å²) in [6, 6.07) is 25.0. The van der Waals surface area contributed by atoms with Crippen molar-refractivity contribution in [2.24, 2.45) is 5.73 Å². The van der Waals surface area contributed by atoms with E-state index in [2.05, 4.69) is 40.4 Å². The first-order chi connectivity index (χ1) is 18.7. The maximum Gasteiger partial charge on any atom is 0.322 e. The number of pyridine rings is 2. The van der Waals surface area contributed by atoms with E-state index < -0.39 is 20.7 Å². The number of carbonyl (C=O) groups is 1. The molecule has 9 heteroatoms. The molecule has 0 fully saturated rings. The quantitative estimate of drug-likeness (QED) is 0.244. The summed E-state index contributed by atoms with van der Waals surface area (Å²) in [6.45, 7) is 1.71. The zero-order chi connectivity index (χ0) is 27.9. The Labute approximate surface area is 228 Å². The Bertz CT molecular complexity index is 1570. The minimum absolute atomic E-state index is 0.0723. The van der Waals surface area contributed by atoms with Gasteiger partial charge in [-0.15, -0.1) is 0 Å². The third kappa shape index (κ3) is 6.39. The zero-order valence-electron chi connectivity index (χ0n) is 21.5. The Morgan fingerprint density at radius 2 is 1.77 bits per heavy atom. The smallest absolute Gasteiger partial charge is 0.322 e. The van der Waals surface area contributed by atoms with Crippen molar-refractivity contribution in [2.45, 2.75) is 29.7 Å². The molecule has 0 bridgehead atoms. The fourth-order valence-corrected chi connectivity index (χ4v) is 5.72. The molecule has 0 amide bonds. The van der Waals surface area contributed by atoms with E-state index in [-0.39, 0.29) is 29.5 Å². The lowest BCUT2D eigenvalue weighted by Crippen LogP contribution is -2.47. The van der Waals surface area contributed by atoms with Crippen LogP contribution in [0.5, 0.6) is 0 Å². The van der Waals surface area contributed by atoms with Crippen LogP contribution >= 0.6 is 0 Å². The van der Waals surface area contributed by atoms with Crippen LogP contribution in [0.25, 0.3) is 17.2 Å². The highest BCUT2D eigenvalue weighted by Gasteiger charge is 2.45. The predicted molar refractivity (Wildman–Crippen MR) is 153 cm³/mol. The van der Waals surface area contributed by atoms with Gasteiger partial charge in [0.2, 0.25) is 9.84 Å². The molecule has 4 rings (SSSR count). The fourth-order valence-electron chi connectivity index (χ4n) is 4.15. The molecule has 2 heterocycles. The molecule has 0 aliphatic rings. The molecule has 0 saturated heterocycles. The maximum atomic E-state index is 13.9. The van der Waals surface area contributed by atoms with E-state index in [4.69, 9.17) is 10.8 Å². The number of nitrogens with two attached hydrogens (primary N) is 1. The standard InChI is InChI=1S/C30H30N4O4S/c1-2-3-8-22-9-6-10-25(19-22)24-16-14-23(15-17-24)20-30(31,39(37,38)28-13-4-5-18-32-28)26-11-7-12-27(34-26)33-21-29(35)36/h3-19H,2,20-21,31H2,1H3,(H,33,34)(H,35,36)/b8-3+. The number of nitrogens with zero attached hydrogens (tertiary/aromatic N) is 2. The van der Waals surface area contributed by atoms with Crippen LogP contribution in [0.3, 0.4) is 0 Å². The molecule has 0 spiro atoms. The van der Waals surface area contributed by atoms with Crippen LogP contribution in [0.15, 0.2) is 102 Å². The minimum Gasteiger partial charge on any atom is -0.480 e. The largest absolute Gasteiger partial charge is 0.480 e. The summed E-state index contributed by atoms with van der Waals surface area (Å²) in [4.78, 5) is 17.5. The van der Waals surface area contributed by atoms with Crippen molar-refractivity contribution in [3.05, 3.63) is 114 Å². The van der Waals surface area contributed by atoms with E-state index in [1.807, 2.05) is 42.5 Å². The van der Waals surface area contributed by atoms with E-state index in [0.29, 0.717) is 5.56 Å². The van der Waals surface area contributed by atoms with Gasteiger partial charge in [0, 0.05) is 12.6 Å².